The minimum Gasteiger partial charge on any atom is -0.489 e. The summed E-state index contributed by atoms with van der Waals surface area (Å²) in [4.78, 5) is 28.1. The molecule has 0 aliphatic rings. The van der Waals surface area contributed by atoms with Gasteiger partial charge in [0.2, 0.25) is 0 Å². The summed E-state index contributed by atoms with van der Waals surface area (Å²) in [5.41, 5.74) is 5.77. The predicted molar refractivity (Wildman–Crippen MR) is 125 cm³/mol. The normalized spacial score (nSPS) is 10.8. The van der Waals surface area contributed by atoms with Gasteiger partial charge in [0.05, 0.1) is 24.4 Å². The molecule has 7 nitrogen and oxygen atoms in total. The average molecular weight is 439 g/mol. The zero-order chi connectivity index (χ0) is 23.0. The number of amides is 1. The summed E-state index contributed by atoms with van der Waals surface area (Å²) >= 11 is 0. The van der Waals surface area contributed by atoms with Crippen LogP contribution in [0, 0.1) is 0 Å². The van der Waals surface area contributed by atoms with E-state index in [1.165, 1.54) is 7.11 Å². The van der Waals surface area contributed by atoms with Crippen LogP contribution in [0.4, 0.5) is 0 Å². The number of methoxy groups -OCH3 is 1. The molecule has 1 amide bonds. The Morgan fingerprint density at radius 3 is 2.45 bits per heavy atom. The van der Waals surface area contributed by atoms with Crippen LogP contribution in [0.1, 0.15) is 32.0 Å². The van der Waals surface area contributed by atoms with Crippen LogP contribution in [0.2, 0.25) is 0 Å². The quantitative estimate of drug-likeness (QED) is 0.262. The van der Waals surface area contributed by atoms with Crippen LogP contribution in [0.3, 0.4) is 0 Å². The second-order valence-electron chi connectivity index (χ2n) is 7.13. The Kier molecular flexibility index (Phi) is 6.70. The first kappa shape index (κ1) is 21.7. The highest BCUT2D eigenvalue weighted by Gasteiger charge is 2.07. The Hall–Kier alpha value is -4.52. The summed E-state index contributed by atoms with van der Waals surface area (Å²) in [5.74, 6) is -0.0618. The van der Waals surface area contributed by atoms with Crippen molar-refractivity contribution in [3.05, 3.63) is 107 Å². The van der Waals surface area contributed by atoms with Gasteiger partial charge in [-0.15, -0.1) is 0 Å². The Bertz CT molecular complexity index is 1300. The first-order valence-corrected chi connectivity index (χ1v) is 10.2. The van der Waals surface area contributed by atoms with Gasteiger partial charge in [-0.2, -0.15) is 5.10 Å². The van der Waals surface area contributed by atoms with Crippen molar-refractivity contribution in [2.24, 2.45) is 5.10 Å². The van der Waals surface area contributed by atoms with Crippen molar-refractivity contribution >= 4 is 29.0 Å². The number of hydrogen-bond donors (Lipinski definition) is 1. The monoisotopic (exact) mass is 439 g/mol. The number of pyridine rings is 1. The summed E-state index contributed by atoms with van der Waals surface area (Å²) in [7, 11) is 1.35. The van der Waals surface area contributed by atoms with E-state index in [4.69, 9.17) is 4.74 Å². The van der Waals surface area contributed by atoms with E-state index >= 15 is 0 Å². The minimum atomic E-state index is -0.379. The molecular weight excluding hydrogens is 418 g/mol. The molecule has 1 N–H and O–H groups in total. The summed E-state index contributed by atoms with van der Waals surface area (Å²) in [6, 6.07) is 25.5. The fourth-order valence-corrected chi connectivity index (χ4v) is 3.09. The summed E-state index contributed by atoms with van der Waals surface area (Å²) in [5, 5.41) is 4.98. The lowest BCUT2D eigenvalue weighted by molar-refractivity contribution is 0.0600. The van der Waals surface area contributed by atoms with Gasteiger partial charge in [-0.3, -0.25) is 4.79 Å². The molecule has 3 aromatic carbocycles. The van der Waals surface area contributed by atoms with Gasteiger partial charge in [-0.25, -0.2) is 15.2 Å². The molecular formula is C26H21N3O4. The third kappa shape index (κ3) is 5.59. The number of carbonyl (C=O) groups excluding carboxylic acids is 2. The lowest BCUT2D eigenvalue weighted by atomic mass is 10.1. The number of esters is 1. The van der Waals surface area contributed by atoms with E-state index in [0.29, 0.717) is 23.6 Å². The van der Waals surface area contributed by atoms with E-state index in [0.717, 1.165) is 22.0 Å². The number of rotatable bonds is 7. The number of nitrogens with one attached hydrogen (secondary N) is 1. The van der Waals surface area contributed by atoms with Crippen LogP contribution in [0.5, 0.6) is 5.75 Å². The molecule has 0 radical (unpaired) electrons. The summed E-state index contributed by atoms with van der Waals surface area (Å²) < 4.78 is 10.5. The molecule has 0 aliphatic heterocycles. The number of carbonyl (C=O) groups is 2. The van der Waals surface area contributed by atoms with Gasteiger partial charge in [0.1, 0.15) is 18.1 Å². The molecule has 0 bridgehead atoms. The molecule has 1 heterocycles. The molecule has 0 fully saturated rings. The lowest BCUT2D eigenvalue weighted by Crippen LogP contribution is -2.18. The summed E-state index contributed by atoms with van der Waals surface area (Å²) in [6.07, 6.45) is 1.55. The highest BCUT2D eigenvalue weighted by Crippen LogP contribution is 2.15. The Balaban J connectivity index is 1.29. The van der Waals surface area contributed by atoms with Crippen LogP contribution in [-0.2, 0) is 11.3 Å². The van der Waals surface area contributed by atoms with Crippen molar-refractivity contribution in [1.82, 2.24) is 10.4 Å². The van der Waals surface area contributed by atoms with Crippen molar-refractivity contribution in [3.8, 4) is 5.75 Å². The first-order chi connectivity index (χ1) is 16.1. The zero-order valence-corrected chi connectivity index (χ0v) is 17.9. The van der Waals surface area contributed by atoms with Gasteiger partial charge in [0, 0.05) is 5.39 Å². The topological polar surface area (TPSA) is 89.9 Å². The second-order valence-corrected chi connectivity index (χ2v) is 7.13. The lowest BCUT2D eigenvalue weighted by Gasteiger charge is -2.07. The Labute approximate surface area is 190 Å². The maximum absolute atomic E-state index is 12.3. The van der Waals surface area contributed by atoms with Gasteiger partial charge in [-0.1, -0.05) is 36.4 Å². The number of nitrogens with zero attached hydrogens (tertiary/aromatic N) is 2. The van der Waals surface area contributed by atoms with Crippen LogP contribution in [0.25, 0.3) is 10.9 Å². The molecule has 0 atom stereocenters. The van der Waals surface area contributed by atoms with Crippen LogP contribution >= 0.6 is 0 Å². The molecule has 4 rings (SSSR count). The van der Waals surface area contributed by atoms with Gasteiger partial charge in [-0.05, 0) is 59.7 Å². The first-order valence-electron chi connectivity index (χ1n) is 10.2. The molecule has 164 valence electrons. The molecule has 1 aromatic heterocycles. The molecule has 7 heteroatoms. The molecule has 33 heavy (non-hydrogen) atoms. The molecule has 0 saturated carbocycles. The maximum atomic E-state index is 12.3. The summed E-state index contributed by atoms with van der Waals surface area (Å²) in [6.45, 7) is 0.365. The number of hydrazone groups is 1. The molecule has 0 unspecified atom stereocenters. The molecule has 0 aliphatic carbocycles. The van der Waals surface area contributed by atoms with Crippen molar-refractivity contribution in [1.29, 1.82) is 0 Å². The third-order valence-electron chi connectivity index (χ3n) is 4.87. The van der Waals surface area contributed by atoms with Crippen LogP contribution < -0.4 is 10.2 Å². The van der Waals surface area contributed by atoms with Crippen LogP contribution in [-0.4, -0.2) is 30.2 Å². The average Bonchev–Trinajstić information content (AvgIpc) is 2.87. The number of para-hydroxylation sites is 1. The maximum Gasteiger partial charge on any atom is 0.337 e. The highest BCUT2D eigenvalue weighted by atomic mass is 16.5. The Morgan fingerprint density at radius 2 is 1.70 bits per heavy atom. The number of benzene rings is 3. The number of aromatic nitrogens is 1. The van der Waals surface area contributed by atoms with Gasteiger partial charge in [0.15, 0.2) is 0 Å². The molecule has 4 aromatic rings. The highest BCUT2D eigenvalue weighted by molar-refractivity contribution is 5.95. The number of fused-ring (bicyclic) bond motifs is 1. The fourth-order valence-electron chi connectivity index (χ4n) is 3.09. The van der Waals surface area contributed by atoms with Gasteiger partial charge < -0.3 is 9.47 Å². The van der Waals surface area contributed by atoms with Crippen molar-refractivity contribution in [3.63, 3.8) is 0 Å². The largest absolute Gasteiger partial charge is 0.489 e. The SMILES string of the molecule is COC(=O)c1ccc(COc2ccc(C=NNC(=O)c3ccc4ccccc4n3)cc2)cc1. The third-order valence-corrected chi connectivity index (χ3v) is 4.87. The van der Waals surface area contributed by atoms with Crippen molar-refractivity contribution in [2.45, 2.75) is 6.61 Å². The Morgan fingerprint density at radius 1 is 0.939 bits per heavy atom. The smallest absolute Gasteiger partial charge is 0.337 e. The fraction of sp³-hybridized carbons (Fsp3) is 0.0769. The van der Waals surface area contributed by atoms with Gasteiger partial charge in [0.25, 0.3) is 5.91 Å². The van der Waals surface area contributed by atoms with Crippen molar-refractivity contribution < 1.29 is 19.1 Å². The minimum absolute atomic E-state index is 0.300. The van der Waals surface area contributed by atoms with E-state index < -0.39 is 0 Å². The van der Waals surface area contributed by atoms with E-state index in [9.17, 15) is 9.59 Å². The molecule has 0 spiro atoms. The molecule has 0 saturated heterocycles. The van der Waals surface area contributed by atoms with E-state index in [1.54, 1.807) is 24.4 Å². The van der Waals surface area contributed by atoms with E-state index in [1.807, 2.05) is 66.7 Å². The second kappa shape index (κ2) is 10.2. The van der Waals surface area contributed by atoms with Crippen LogP contribution in [0.15, 0.2) is 90.0 Å². The van der Waals surface area contributed by atoms with Gasteiger partial charge >= 0.3 is 5.97 Å². The predicted octanol–water partition coefficient (Wildman–Crippen LogP) is 4.36. The van der Waals surface area contributed by atoms with E-state index in [2.05, 4.69) is 20.2 Å². The zero-order valence-electron chi connectivity index (χ0n) is 17.9. The standard InChI is InChI=1S/C26H21N3O4/c1-32-26(31)21-10-6-19(7-11-21)17-33-22-13-8-18(9-14-22)16-27-29-25(30)24-15-12-20-4-2-3-5-23(20)28-24/h2-16H,17H2,1H3,(H,29,30). The van der Waals surface area contributed by atoms with Crippen molar-refractivity contribution in [2.75, 3.05) is 7.11 Å². The number of ether oxygens (including phenoxy) is 2. The number of hydrogen-bond acceptors (Lipinski definition) is 6. The van der Waals surface area contributed by atoms with E-state index in [-0.39, 0.29) is 11.9 Å².